The Kier molecular flexibility index (Phi) is 10.5. The third-order valence-electron chi connectivity index (χ3n) is 1.94. The number of aliphatic carboxylic acids is 2. The number of ketones is 1. The standard InChI is InChI=1S/C6H11NO3.C6H10O3/c1-4(2)3-5(7-10)6(8)9;1-4(2)3-5(7)6(8)9/h4-5H,3H2,1-2H3,(H,8,9);4H,3H2,1-2H3,(H,8,9)/t5-;/m0./s1. The summed E-state index contributed by atoms with van der Waals surface area (Å²) in [5, 5.41) is 18.9. The Morgan fingerprint density at radius 1 is 1.00 bits per heavy atom. The molecule has 0 aromatic heterocycles. The van der Waals surface area contributed by atoms with Gasteiger partial charge in [0.2, 0.25) is 5.78 Å². The first-order valence-corrected chi connectivity index (χ1v) is 5.93. The molecule has 0 aromatic rings. The monoisotopic (exact) mass is 275 g/mol. The summed E-state index contributed by atoms with van der Waals surface area (Å²) < 4.78 is 0. The van der Waals surface area contributed by atoms with Crippen molar-refractivity contribution in [2.45, 2.75) is 46.6 Å². The number of hydrogen-bond acceptors (Lipinski definition) is 5. The van der Waals surface area contributed by atoms with Gasteiger partial charge in [-0.25, -0.2) is 9.59 Å². The van der Waals surface area contributed by atoms with E-state index in [0.717, 1.165) is 0 Å². The molecular weight excluding hydrogens is 254 g/mol. The zero-order chi connectivity index (χ0) is 15.6. The van der Waals surface area contributed by atoms with Crippen LogP contribution < -0.4 is 0 Å². The van der Waals surface area contributed by atoms with E-state index < -0.39 is 23.8 Å². The first-order chi connectivity index (χ1) is 8.61. The Balaban J connectivity index is 0. The van der Waals surface area contributed by atoms with Crippen LogP contribution in [0.5, 0.6) is 0 Å². The maximum atomic E-state index is 10.4. The first-order valence-electron chi connectivity index (χ1n) is 5.93. The number of hydrogen-bond donors (Lipinski definition) is 2. The fourth-order valence-corrected chi connectivity index (χ4v) is 1.09. The van der Waals surface area contributed by atoms with Gasteiger partial charge in [-0.2, -0.15) is 0 Å². The normalized spacial score (nSPS) is 11.5. The molecule has 0 saturated heterocycles. The predicted molar refractivity (Wildman–Crippen MR) is 68.8 cm³/mol. The first kappa shape index (κ1) is 19.5. The largest absolute Gasteiger partial charge is 0.480 e. The molecule has 0 aliphatic rings. The molecule has 110 valence electrons. The van der Waals surface area contributed by atoms with Crippen LogP contribution in [0, 0.1) is 16.7 Å². The quantitative estimate of drug-likeness (QED) is 0.541. The Labute approximate surface area is 112 Å². The van der Waals surface area contributed by atoms with Gasteiger partial charge in [0.25, 0.3) is 0 Å². The number of nitrogens with zero attached hydrogens (tertiary/aromatic N) is 1. The van der Waals surface area contributed by atoms with Crippen LogP contribution in [-0.4, -0.2) is 34.0 Å². The van der Waals surface area contributed by atoms with Crippen molar-refractivity contribution in [3.05, 3.63) is 4.91 Å². The predicted octanol–water partition coefficient (Wildman–Crippen LogP) is 1.94. The molecule has 0 spiro atoms. The number of carboxylic acid groups (broad SMARTS) is 2. The molecule has 0 heterocycles. The van der Waals surface area contributed by atoms with Crippen LogP contribution >= 0.6 is 0 Å². The molecule has 7 nitrogen and oxygen atoms in total. The Hall–Kier alpha value is -1.79. The Bertz CT molecular complexity index is 324. The molecule has 7 heteroatoms. The van der Waals surface area contributed by atoms with Crippen LogP contribution in [-0.2, 0) is 14.4 Å². The summed E-state index contributed by atoms with van der Waals surface area (Å²) >= 11 is 0. The van der Waals surface area contributed by atoms with Gasteiger partial charge in [0, 0.05) is 6.42 Å². The molecule has 0 aliphatic heterocycles. The highest BCUT2D eigenvalue weighted by atomic mass is 16.4. The van der Waals surface area contributed by atoms with Crippen LogP contribution in [0.25, 0.3) is 0 Å². The van der Waals surface area contributed by atoms with Crippen molar-refractivity contribution in [2.24, 2.45) is 17.0 Å². The van der Waals surface area contributed by atoms with E-state index in [0.29, 0.717) is 6.42 Å². The summed E-state index contributed by atoms with van der Waals surface area (Å²) in [5.41, 5.74) is 0. The molecule has 0 unspecified atom stereocenters. The zero-order valence-corrected chi connectivity index (χ0v) is 11.6. The molecule has 0 amide bonds. The third-order valence-corrected chi connectivity index (χ3v) is 1.94. The molecule has 0 fully saturated rings. The number of carbonyl (C=O) groups is 3. The minimum atomic E-state index is -1.33. The van der Waals surface area contributed by atoms with E-state index in [1.165, 1.54) is 0 Å². The second-order valence-corrected chi connectivity index (χ2v) is 4.92. The van der Waals surface area contributed by atoms with Crippen molar-refractivity contribution in [1.29, 1.82) is 0 Å². The van der Waals surface area contributed by atoms with Gasteiger partial charge < -0.3 is 10.2 Å². The minimum absolute atomic E-state index is 0.133. The van der Waals surface area contributed by atoms with Gasteiger partial charge in [0.05, 0.1) is 0 Å². The number of nitroso groups, excluding NO2 is 1. The van der Waals surface area contributed by atoms with E-state index in [9.17, 15) is 19.3 Å². The highest BCUT2D eigenvalue weighted by molar-refractivity contribution is 6.32. The number of rotatable bonds is 7. The highest BCUT2D eigenvalue weighted by Crippen LogP contribution is 2.07. The van der Waals surface area contributed by atoms with E-state index in [2.05, 4.69) is 5.18 Å². The van der Waals surface area contributed by atoms with Gasteiger partial charge in [0.15, 0.2) is 6.04 Å². The fourth-order valence-electron chi connectivity index (χ4n) is 1.09. The summed E-state index contributed by atoms with van der Waals surface area (Å²) in [6.07, 6.45) is 0.453. The summed E-state index contributed by atoms with van der Waals surface area (Å²) in [6, 6.07) is -1.07. The average molecular weight is 275 g/mol. The van der Waals surface area contributed by atoms with Gasteiger partial charge in [-0.3, -0.25) is 4.79 Å². The Morgan fingerprint density at radius 3 is 1.58 bits per heavy atom. The van der Waals surface area contributed by atoms with Crippen LogP contribution in [0.4, 0.5) is 0 Å². The lowest BCUT2D eigenvalue weighted by Crippen LogP contribution is -2.19. The fraction of sp³-hybridized carbons (Fsp3) is 0.750. The van der Waals surface area contributed by atoms with E-state index in [4.69, 9.17) is 10.2 Å². The number of carboxylic acids is 2. The molecule has 0 saturated carbocycles. The molecule has 0 aromatic carbocycles. The van der Waals surface area contributed by atoms with Crippen molar-refractivity contribution in [3.8, 4) is 0 Å². The smallest absolute Gasteiger partial charge is 0.372 e. The average Bonchev–Trinajstić information content (AvgIpc) is 2.25. The summed E-state index contributed by atoms with van der Waals surface area (Å²) in [5.74, 6) is -2.84. The second-order valence-electron chi connectivity index (χ2n) is 4.92. The maximum absolute atomic E-state index is 10.4. The van der Waals surface area contributed by atoms with Gasteiger partial charge >= 0.3 is 11.9 Å². The molecule has 19 heavy (non-hydrogen) atoms. The number of carbonyl (C=O) groups excluding carboxylic acids is 1. The van der Waals surface area contributed by atoms with E-state index in [1.807, 2.05) is 13.8 Å². The lowest BCUT2D eigenvalue weighted by atomic mass is 10.1. The molecular formula is C12H21NO6. The van der Waals surface area contributed by atoms with E-state index in [1.54, 1.807) is 13.8 Å². The van der Waals surface area contributed by atoms with E-state index >= 15 is 0 Å². The summed E-state index contributed by atoms with van der Waals surface area (Å²) in [7, 11) is 0. The van der Waals surface area contributed by atoms with E-state index in [-0.39, 0.29) is 18.3 Å². The molecule has 1 atom stereocenters. The van der Waals surface area contributed by atoms with Gasteiger partial charge in [-0.05, 0) is 18.3 Å². The van der Waals surface area contributed by atoms with Crippen molar-refractivity contribution in [3.63, 3.8) is 0 Å². The Morgan fingerprint density at radius 2 is 1.47 bits per heavy atom. The van der Waals surface area contributed by atoms with Crippen LogP contribution in [0.15, 0.2) is 5.18 Å². The SMILES string of the molecule is CC(C)CC(=O)C(=O)O.CC(C)C[C@H](N=O)C(=O)O. The van der Waals surface area contributed by atoms with Crippen molar-refractivity contribution in [1.82, 2.24) is 0 Å². The third kappa shape index (κ3) is 12.5. The van der Waals surface area contributed by atoms with Gasteiger partial charge in [0.1, 0.15) is 0 Å². The van der Waals surface area contributed by atoms with Crippen LogP contribution in [0.3, 0.4) is 0 Å². The van der Waals surface area contributed by atoms with Crippen molar-refractivity contribution in [2.75, 3.05) is 0 Å². The lowest BCUT2D eigenvalue weighted by Gasteiger charge is -2.05. The van der Waals surface area contributed by atoms with Gasteiger partial charge in [-0.1, -0.05) is 32.9 Å². The van der Waals surface area contributed by atoms with Crippen LogP contribution in [0.1, 0.15) is 40.5 Å². The molecule has 0 aliphatic carbocycles. The molecule has 0 rings (SSSR count). The second kappa shape index (κ2) is 10.2. The topological polar surface area (TPSA) is 121 Å². The molecule has 0 bridgehead atoms. The molecule has 2 N–H and O–H groups in total. The van der Waals surface area contributed by atoms with Gasteiger partial charge in [-0.15, -0.1) is 4.91 Å². The number of Topliss-reactive ketones (excluding diaryl/α,β-unsaturated/α-hetero) is 1. The lowest BCUT2D eigenvalue weighted by molar-refractivity contribution is -0.149. The van der Waals surface area contributed by atoms with Crippen molar-refractivity contribution >= 4 is 17.7 Å². The molecule has 0 radical (unpaired) electrons. The van der Waals surface area contributed by atoms with Crippen LogP contribution in [0.2, 0.25) is 0 Å². The highest BCUT2D eigenvalue weighted by Gasteiger charge is 2.18. The zero-order valence-electron chi connectivity index (χ0n) is 11.6. The van der Waals surface area contributed by atoms with Crippen molar-refractivity contribution < 1.29 is 24.6 Å². The maximum Gasteiger partial charge on any atom is 0.372 e. The minimum Gasteiger partial charge on any atom is -0.480 e. The summed E-state index contributed by atoms with van der Waals surface area (Å²) in [4.78, 5) is 40.3. The summed E-state index contributed by atoms with van der Waals surface area (Å²) in [6.45, 7) is 7.31.